The fourth-order valence-electron chi connectivity index (χ4n) is 3.53. The van der Waals surface area contributed by atoms with Crippen molar-refractivity contribution in [2.24, 2.45) is 0 Å². The van der Waals surface area contributed by atoms with Crippen molar-refractivity contribution in [1.29, 1.82) is 0 Å². The van der Waals surface area contributed by atoms with Crippen LogP contribution in [-0.2, 0) is 21.4 Å². The summed E-state index contributed by atoms with van der Waals surface area (Å²) in [5.41, 5.74) is 1.49. The Morgan fingerprint density at radius 3 is 2.67 bits per heavy atom. The maximum atomic E-state index is 12.7. The highest BCUT2D eigenvalue weighted by atomic mass is 32.2. The highest BCUT2D eigenvalue weighted by molar-refractivity contribution is 7.89. The van der Waals surface area contributed by atoms with E-state index in [0.29, 0.717) is 36.8 Å². The lowest BCUT2D eigenvalue weighted by molar-refractivity contribution is -0.121. The molecule has 0 saturated carbocycles. The lowest BCUT2D eigenvalue weighted by atomic mass is 10.2. The quantitative estimate of drug-likeness (QED) is 0.698. The van der Waals surface area contributed by atoms with Crippen molar-refractivity contribution in [1.82, 2.24) is 9.62 Å². The molecule has 4 rings (SSSR count). The second kappa shape index (κ2) is 8.53. The van der Waals surface area contributed by atoms with Crippen LogP contribution in [0.2, 0.25) is 0 Å². The molecule has 2 aromatic carbocycles. The van der Waals surface area contributed by atoms with Crippen LogP contribution < -0.4 is 20.1 Å². The molecule has 2 N–H and O–H groups in total. The first-order chi connectivity index (χ1) is 14.4. The number of ether oxygens (including phenoxy) is 2. The van der Waals surface area contributed by atoms with Crippen molar-refractivity contribution < 1.29 is 22.7 Å². The Balaban J connectivity index is 1.36. The van der Waals surface area contributed by atoms with Gasteiger partial charge in [0.1, 0.15) is 6.04 Å². The molecule has 1 saturated heterocycles. The summed E-state index contributed by atoms with van der Waals surface area (Å²) in [6, 6.07) is 11.6. The van der Waals surface area contributed by atoms with E-state index in [2.05, 4.69) is 10.6 Å². The topological polar surface area (TPSA) is 97.0 Å². The molecule has 2 aliphatic heterocycles. The van der Waals surface area contributed by atoms with E-state index in [1.54, 1.807) is 31.2 Å². The molecule has 8 nitrogen and oxygen atoms in total. The van der Waals surface area contributed by atoms with Crippen LogP contribution >= 0.6 is 0 Å². The summed E-state index contributed by atoms with van der Waals surface area (Å²) >= 11 is 0. The number of anilines is 1. The van der Waals surface area contributed by atoms with E-state index in [4.69, 9.17) is 9.47 Å². The Labute approximate surface area is 176 Å². The van der Waals surface area contributed by atoms with Crippen molar-refractivity contribution in [3.63, 3.8) is 0 Å². The lowest BCUT2D eigenvalue weighted by Crippen LogP contribution is -2.37. The van der Waals surface area contributed by atoms with Gasteiger partial charge in [-0.25, -0.2) is 8.42 Å². The molecule has 2 aliphatic rings. The Bertz CT molecular complexity index is 1030. The number of hydrogen-bond donors (Lipinski definition) is 2. The van der Waals surface area contributed by atoms with Gasteiger partial charge in [-0.2, -0.15) is 4.31 Å². The van der Waals surface area contributed by atoms with Gasteiger partial charge in [-0.3, -0.25) is 4.79 Å². The summed E-state index contributed by atoms with van der Waals surface area (Å²) in [5.74, 6) is 1.17. The standard InChI is InChI=1S/C21H25N3O5S/c1-15(21(25)22-13-16-7-8-19-20(11-16)29-14-28-19)23-17-5-4-6-18(12-17)30(26,27)24-9-2-3-10-24/h4-8,11-12,15,23H,2-3,9-10,13-14H2,1H3,(H,22,25)/t15-/m1/s1. The lowest BCUT2D eigenvalue weighted by Gasteiger charge is -2.18. The smallest absolute Gasteiger partial charge is 0.243 e. The van der Waals surface area contributed by atoms with Gasteiger partial charge in [0.15, 0.2) is 11.5 Å². The van der Waals surface area contributed by atoms with Crippen LogP contribution in [0.3, 0.4) is 0 Å². The molecular weight excluding hydrogens is 406 g/mol. The van der Waals surface area contributed by atoms with Gasteiger partial charge in [-0.15, -0.1) is 0 Å². The van der Waals surface area contributed by atoms with Gasteiger partial charge < -0.3 is 20.1 Å². The van der Waals surface area contributed by atoms with E-state index in [9.17, 15) is 13.2 Å². The van der Waals surface area contributed by atoms with Crippen molar-refractivity contribution in [2.45, 2.75) is 37.2 Å². The molecule has 1 amide bonds. The average molecular weight is 432 g/mol. The van der Waals surface area contributed by atoms with Crippen LogP contribution in [0, 0.1) is 0 Å². The molecule has 0 bridgehead atoms. The third-order valence-corrected chi connectivity index (χ3v) is 7.11. The highest BCUT2D eigenvalue weighted by Gasteiger charge is 2.27. The number of benzene rings is 2. The van der Waals surface area contributed by atoms with Crippen LogP contribution in [0.15, 0.2) is 47.4 Å². The second-order valence-corrected chi connectivity index (χ2v) is 9.35. The van der Waals surface area contributed by atoms with Crippen molar-refractivity contribution in [3.8, 4) is 11.5 Å². The molecule has 0 aliphatic carbocycles. The minimum Gasteiger partial charge on any atom is -0.454 e. The molecule has 30 heavy (non-hydrogen) atoms. The molecule has 2 aromatic rings. The van der Waals surface area contributed by atoms with Crippen LogP contribution in [0.25, 0.3) is 0 Å². The fraction of sp³-hybridized carbons (Fsp3) is 0.381. The second-order valence-electron chi connectivity index (χ2n) is 7.41. The first-order valence-corrected chi connectivity index (χ1v) is 11.4. The molecule has 2 heterocycles. The number of carbonyl (C=O) groups excluding carboxylic acids is 1. The van der Waals surface area contributed by atoms with E-state index in [-0.39, 0.29) is 17.6 Å². The summed E-state index contributed by atoms with van der Waals surface area (Å²) in [6.07, 6.45) is 1.77. The fourth-order valence-corrected chi connectivity index (χ4v) is 5.10. The number of amides is 1. The number of nitrogens with zero attached hydrogens (tertiary/aromatic N) is 1. The third kappa shape index (κ3) is 4.36. The van der Waals surface area contributed by atoms with E-state index < -0.39 is 16.1 Å². The summed E-state index contributed by atoms with van der Waals surface area (Å²) in [6.45, 7) is 3.40. The minimum atomic E-state index is -3.50. The highest BCUT2D eigenvalue weighted by Crippen LogP contribution is 2.32. The molecule has 0 spiro atoms. The number of rotatable bonds is 7. The Kier molecular flexibility index (Phi) is 5.83. The molecule has 0 aromatic heterocycles. The monoisotopic (exact) mass is 431 g/mol. The number of nitrogens with one attached hydrogen (secondary N) is 2. The normalized spacial score (nSPS) is 17.0. The van der Waals surface area contributed by atoms with Crippen LogP contribution in [-0.4, -0.2) is 44.6 Å². The number of carbonyl (C=O) groups is 1. The molecule has 0 unspecified atom stereocenters. The number of hydrogen-bond acceptors (Lipinski definition) is 6. The summed E-state index contributed by atoms with van der Waals surface area (Å²) < 4.78 is 37.6. The van der Waals surface area contributed by atoms with Gasteiger partial charge in [0.05, 0.1) is 4.90 Å². The van der Waals surface area contributed by atoms with Crippen LogP contribution in [0.4, 0.5) is 5.69 Å². The SMILES string of the molecule is C[C@@H](Nc1cccc(S(=O)(=O)N2CCCC2)c1)C(=O)NCc1ccc2c(c1)OCO2. The predicted octanol–water partition coefficient (Wildman–Crippen LogP) is 2.32. The first-order valence-electron chi connectivity index (χ1n) is 9.96. The largest absolute Gasteiger partial charge is 0.454 e. The van der Waals surface area contributed by atoms with Gasteiger partial charge in [-0.05, 0) is 55.7 Å². The van der Waals surface area contributed by atoms with Crippen LogP contribution in [0.5, 0.6) is 11.5 Å². The zero-order chi connectivity index (χ0) is 21.1. The minimum absolute atomic E-state index is 0.194. The van der Waals surface area contributed by atoms with E-state index in [1.807, 2.05) is 18.2 Å². The maximum Gasteiger partial charge on any atom is 0.243 e. The Hall–Kier alpha value is -2.78. The summed E-state index contributed by atoms with van der Waals surface area (Å²) in [5, 5.41) is 5.96. The average Bonchev–Trinajstić information content (AvgIpc) is 3.44. The Morgan fingerprint density at radius 2 is 1.87 bits per heavy atom. The van der Waals surface area contributed by atoms with Gasteiger partial charge >= 0.3 is 0 Å². The molecule has 9 heteroatoms. The van der Waals surface area contributed by atoms with Gasteiger partial charge in [0.25, 0.3) is 0 Å². The van der Waals surface area contributed by atoms with Crippen molar-refractivity contribution in [3.05, 3.63) is 48.0 Å². The number of fused-ring (bicyclic) bond motifs is 1. The summed E-state index contributed by atoms with van der Waals surface area (Å²) in [7, 11) is -3.50. The third-order valence-electron chi connectivity index (χ3n) is 5.22. The Morgan fingerprint density at radius 1 is 1.10 bits per heavy atom. The maximum absolute atomic E-state index is 12.7. The predicted molar refractivity (Wildman–Crippen MR) is 112 cm³/mol. The molecule has 160 valence electrons. The van der Waals surface area contributed by atoms with Crippen molar-refractivity contribution in [2.75, 3.05) is 25.2 Å². The molecule has 1 fully saturated rings. The number of sulfonamides is 1. The van der Waals surface area contributed by atoms with Gasteiger partial charge in [0, 0.05) is 25.3 Å². The van der Waals surface area contributed by atoms with Gasteiger partial charge in [0.2, 0.25) is 22.7 Å². The summed E-state index contributed by atoms with van der Waals surface area (Å²) in [4.78, 5) is 12.7. The van der Waals surface area contributed by atoms with E-state index >= 15 is 0 Å². The zero-order valence-corrected chi connectivity index (χ0v) is 17.6. The van der Waals surface area contributed by atoms with Crippen molar-refractivity contribution >= 4 is 21.6 Å². The van der Waals surface area contributed by atoms with E-state index in [1.165, 1.54) is 4.31 Å². The zero-order valence-electron chi connectivity index (χ0n) is 16.8. The molecule has 0 radical (unpaired) electrons. The first kappa shape index (κ1) is 20.5. The van der Waals surface area contributed by atoms with E-state index in [0.717, 1.165) is 18.4 Å². The molecular formula is C21H25N3O5S. The molecule has 1 atom stereocenters. The van der Waals surface area contributed by atoms with Crippen LogP contribution in [0.1, 0.15) is 25.3 Å². The van der Waals surface area contributed by atoms with Gasteiger partial charge in [-0.1, -0.05) is 12.1 Å².